The third-order valence-corrected chi connectivity index (χ3v) is 3.11. The molecule has 0 aliphatic rings. The predicted molar refractivity (Wildman–Crippen MR) is 71.8 cm³/mol. The van der Waals surface area contributed by atoms with E-state index < -0.39 is 16.2 Å². The van der Waals surface area contributed by atoms with Crippen molar-refractivity contribution in [1.29, 1.82) is 0 Å². The zero-order valence-electron chi connectivity index (χ0n) is 10.3. The van der Waals surface area contributed by atoms with Crippen LogP contribution in [-0.4, -0.2) is 43.9 Å². The van der Waals surface area contributed by atoms with Crippen LogP contribution in [0.25, 0.3) is 0 Å². The molecule has 1 aromatic carbocycles. The Morgan fingerprint density at radius 2 is 2.00 bits per heavy atom. The van der Waals surface area contributed by atoms with Crippen LogP contribution in [-0.2, 0) is 14.9 Å². The van der Waals surface area contributed by atoms with Crippen molar-refractivity contribution >= 4 is 15.8 Å². The summed E-state index contributed by atoms with van der Waals surface area (Å²) in [6, 6.07) is 5.55. The third kappa shape index (κ3) is 5.84. The number of hydrogen-bond donors (Lipinski definition) is 3. The molecule has 0 fully saturated rings. The van der Waals surface area contributed by atoms with E-state index in [-0.39, 0.29) is 18.0 Å². The summed E-state index contributed by atoms with van der Waals surface area (Å²) in [7, 11) is -4.17. The number of rotatable bonds is 8. The molecule has 6 nitrogen and oxygen atoms in total. The molecule has 3 N–H and O–H groups in total. The fourth-order valence-electron chi connectivity index (χ4n) is 1.33. The normalized spacial score (nSPS) is 12.9. The fourth-order valence-corrected chi connectivity index (χ4v) is 1.81. The first-order valence-corrected chi connectivity index (χ1v) is 7.05. The van der Waals surface area contributed by atoms with Gasteiger partial charge >= 0.3 is 0 Å². The molecule has 1 unspecified atom stereocenters. The lowest BCUT2D eigenvalue weighted by Gasteiger charge is -2.12. The molecule has 0 amide bonds. The summed E-state index contributed by atoms with van der Waals surface area (Å²) < 4.78 is 35.5. The molecule has 0 radical (unpaired) electrons. The van der Waals surface area contributed by atoms with E-state index in [0.717, 1.165) is 0 Å². The molecule has 0 aliphatic carbocycles. The Morgan fingerprint density at radius 3 is 2.53 bits per heavy atom. The van der Waals surface area contributed by atoms with E-state index in [4.69, 9.17) is 9.29 Å². The van der Waals surface area contributed by atoms with E-state index in [0.29, 0.717) is 12.3 Å². The maximum atomic E-state index is 10.8. The molecular formula is C12H17NO5S. The maximum Gasteiger partial charge on any atom is 0.294 e. The Kier molecular flexibility index (Phi) is 5.97. The van der Waals surface area contributed by atoms with Crippen LogP contribution in [0.4, 0.5) is 5.69 Å². The van der Waals surface area contributed by atoms with Crippen LogP contribution in [0.2, 0.25) is 0 Å². The monoisotopic (exact) mass is 287 g/mol. The quantitative estimate of drug-likeness (QED) is 0.373. The first kappa shape index (κ1) is 15.6. The summed E-state index contributed by atoms with van der Waals surface area (Å²) >= 11 is 0. The van der Waals surface area contributed by atoms with Gasteiger partial charge in [0.05, 0.1) is 24.2 Å². The lowest BCUT2D eigenvalue weighted by Crippen LogP contribution is -2.24. The summed E-state index contributed by atoms with van der Waals surface area (Å²) in [5.41, 5.74) is 0.634. The van der Waals surface area contributed by atoms with Crippen LogP contribution in [0.15, 0.2) is 41.8 Å². The topological polar surface area (TPSA) is 95.9 Å². The van der Waals surface area contributed by atoms with Crippen molar-refractivity contribution in [3.63, 3.8) is 0 Å². The first-order valence-electron chi connectivity index (χ1n) is 5.61. The number of anilines is 1. The van der Waals surface area contributed by atoms with Gasteiger partial charge in [-0.3, -0.25) is 4.55 Å². The number of nitrogens with one attached hydrogen (secondary N) is 1. The highest BCUT2D eigenvalue weighted by molar-refractivity contribution is 7.85. The molecule has 1 atom stereocenters. The van der Waals surface area contributed by atoms with Crippen molar-refractivity contribution in [2.45, 2.75) is 11.0 Å². The van der Waals surface area contributed by atoms with Gasteiger partial charge in [-0.1, -0.05) is 6.08 Å². The highest BCUT2D eigenvalue weighted by Gasteiger charge is 2.09. The molecule has 0 aliphatic heterocycles. The standard InChI is InChI=1S/C12H17NO5S/c1-2-7-18-9-11(14)8-13-10-3-5-12(6-4-10)19(15,16)17/h2-6,11,13-14H,1,7-9H2,(H,15,16,17). The molecule has 0 aromatic heterocycles. The van der Waals surface area contributed by atoms with E-state index in [9.17, 15) is 13.5 Å². The van der Waals surface area contributed by atoms with Gasteiger partial charge in [0.25, 0.3) is 10.1 Å². The molecular weight excluding hydrogens is 270 g/mol. The zero-order valence-corrected chi connectivity index (χ0v) is 11.1. The second-order valence-electron chi connectivity index (χ2n) is 3.86. The Hall–Kier alpha value is -1.41. The van der Waals surface area contributed by atoms with E-state index in [1.807, 2.05) is 0 Å². The van der Waals surface area contributed by atoms with Crippen LogP contribution in [0.5, 0.6) is 0 Å². The van der Waals surface area contributed by atoms with Gasteiger partial charge in [0.15, 0.2) is 0 Å². The summed E-state index contributed by atoms with van der Waals surface area (Å²) in [6.45, 7) is 4.31. The number of ether oxygens (including phenoxy) is 1. The summed E-state index contributed by atoms with van der Waals surface area (Å²) in [6.07, 6.45) is 0.912. The Bertz CT molecular complexity index is 497. The van der Waals surface area contributed by atoms with Crippen LogP contribution in [0, 0.1) is 0 Å². The Labute approximate surface area is 112 Å². The zero-order chi connectivity index (χ0) is 14.3. The van der Waals surface area contributed by atoms with E-state index in [1.54, 1.807) is 6.08 Å². The third-order valence-electron chi connectivity index (χ3n) is 2.24. The molecule has 19 heavy (non-hydrogen) atoms. The van der Waals surface area contributed by atoms with Crippen LogP contribution in [0.3, 0.4) is 0 Å². The fraction of sp³-hybridized carbons (Fsp3) is 0.333. The minimum Gasteiger partial charge on any atom is -0.389 e. The number of aliphatic hydroxyl groups is 1. The first-order chi connectivity index (χ1) is 8.93. The van der Waals surface area contributed by atoms with E-state index in [1.165, 1.54) is 24.3 Å². The Balaban J connectivity index is 2.44. The largest absolute Gasteiger partial charge is 0.389 e. The minimum absolute atomic E-state index is 0.173. The lowest BCUT2D eigenvalue weighted by molar-refractivity contribution is 0.0566. The average Bonchev–Trinajstić information content (AvgIpc) is 2.36. The van der Waals surface area contributed by atoms with Crippen LogP contribution < -0.4 is 5.32 Å². The van der Waals surface area contributed by atoms with Crippen molar-refractivity contribution in [2.75, 3.05) is 25.1 Å². The molecule has 0 heterocycles. The minimum atomic E-state index is -4.17. The van der Waals surface area contributed by atoms with Crippen molar-refractivity contribution < 1.29 is 22.8 Å². The SMILES string of the molecule is C=CCOCC(O)CNc1ccc(S(=O)(=O)O)cc1. The van der Waals surface area contributed by atoms with Gasteiger partial charge in [0, 0.05) is 12.2 Å². The predicted octanol–water partition coefficient (Wildman–Crippen LogP) is 0.909. The van der Waals surface area contributed by atoms with Gasteiger partial charge in [0.2, 0.25) is 0 Å². The van der Waals surface area contributed by atoms with E-state index >= 15 is 0 Å². The molecule has 1 aromatic rings. The summed E-state index contributed by atoms with van der Waals surface area (Å²) in [5, 5.41) is 12.5. The van der Waals surface area contributed by atoms with Gasteiger partial charge in [0.1, 0.15) is 0 Å². The highest BCUT2D eigenvalue weighted by atomic mass is 32.2. The van der Waals surface area contributed by atoms with Gasteiger partial charge in [-0.05, 0) is 24.3 Å². The molecule has 7 heteroatoms. The molecule has 0 bridgehead atoms. The number of hydrogen-bond acceptors (Lipinski definition) is 5. The second kappa shape index (κ2) is 7.25. The van der Waals surface area contributed by atoms with Crippen molar-refractivity contribution in [2.24, 2.45) is 0 Å². The van der Waals surface area contributed by atoms with Crippen LogP contribution in [0.1, 0.15) is 0 Å². The number of benzene rings is 1. The van der Waals surface area contributed by atoms with Crippen molar-refractivity contribution in [1.82, 2.24) is 0 Å². The average molecular weight is 287 g/mol. The number of aliphatic hydroxyl groups excluding tert-OH is 1. The molecule has 106 valence electrons. The molecule has 0 saturated heterocycles. The van der Waals surface area contributed by atoms with Gasteiger partial charge < -0.3 is 15.2 Å². The maximum absolute atomic E-state index is 10.8. The van der Waals surface area contributed by atoms with E-state index in [2.05, 4.69) is 11.9 Å². The van der Waals surface area contributed by atoms with Gasteiger partial charge in [-0.2, -0.15) is 8.42 Å². The summed E-state index contributed by atoms with van der Waals surface area (Å²) in [5.74, 6) is 0. The van der Waals surface area contributed by atoms with Crippen molar-refractivity contribution in [3.8, 4) is 0 Å². The Morgan fingerprint density at radius 1 is 1.37 bits per heavy atom. The lowest BCUT2D eigenvalue weighted by atomic mass is 10.3. The molecule has 1 rings (SSSR count). The van der Waals surface area contributed by atoms with Gasteiger partial charge in [-0.25, -0.2) is 0 Å². The van der Waals surface area contributed by atoms with Crippen molar-refractivity contribution in [3.05, 3.63) is 36.9 Å². The second-order valence-corrected chi connectivity index (χ2v) is 5.28. The highest BCUT2D eigenvalue weighted by Crippen LogP contribution is 2.13. The van der Waals surface area contributed by atoms with Gasteiger partial charge in [-0.15, -0.1) is 6.58 Å². The molecule has 0 saturated carbocycles. The molecule has 0 spiro atoms. The van der Waals surface area contributed by atoms with Crippen LogP contribution >= 0.6 is 0 Å². The smallest absolute Gasteiger partial charge is 0.294 e. The summed E-state index contributed by atoms with van der Waals surface area (Å²) in [4.78, 5) is -0.173.